The number of rotatable bonds is 1. The number of ether oxygens (including phenoxy) is 1. The number of aromatic nitrogens is 2. The van der Waals surface area contributed by atoms with Gasteiger partial charge in [0.25, 0.3) is 0 Å². The highest BCUT2D eigenvalue weighted by Gasteiger charge is 2.35. The highest BCUT2D eigenvalue weighted by Crippen LogP contribution is 2.27. The lowest BCUT2D eigenvalue weighted by atomic mass is 9.96. The van der Waals surface area contributed by atoms with Gasteiger partial charge in [-0.15, -0.1) is 0 Å². The second-order valence-electron chi connectivity index (χ2n) is 5.61. The number of amides is 2. The van der Waals surface area contributed by atoms with Gasteiger partial charge in [0.1, 0.15) is 5.60 Å². The molecule has 0 saturated carbocycles. The number of nitrogens with zero attached hydrogens (tertiary/aromatic N) is 2. The zero-order valence-electron chi connectivity index (χ0n) is 11.3. The van der Waals surface area contributed by atoms with E-state index in [-0.39, 0.29) is 6.54 Å². The maximum atomic E-state index is 12.0. The molecule has 2 rings (SSSR count). The van der Waals surface area contributed by atoms with Crippen LogP contribution in [-0.4, -0.2) is 39.2 Å². The molecule has 0 saturated heterocycles. The standard InChI is InChI=1S/C12H18N4O3/c1-12(2,3)19-11(18)16-5-7-4-14-15-9(7)8(6-16)10(13)17/h4,8H,5-6H2,1-3H3,(H2,13,17)(H,14,15). The Hall–Kier alpha value is -2.05. The third-order valence-corrected chi connectivity index (χ3v) is 2.84. The number of hydrogen-bond acceptors (Lipinski definition) is 4. The van der Waals surface area contributed by atoms with Crippen molar-refractivity contribution < 1.29 is 14.3 Å². The van der Waals surface area contributed by atoms with Gasteiger partial charge in [0, 0.05) is 18.3 Å². The van der Waals surface area contributed by atoms with E-state index in [2.05, 4.69) is 10.2 Å². The molecule has 104 valence electrons. The Kier molecular flexibility index (Phi) is 3.21. The summed E-state index contributed by atoms with van der Waals surface area (Å²) in [5.74, 6) is -1.09. The SMILES string of the molecule is CC(C)(C)OC(=O)N1Cc2c[nH]nc2C(C(N)=O)C1. The largest absolute Gasteiger partial charge is 0.444 e. The molecule has 1 aromatic heterocycles. The number of H-pyrrole nitrogens is 1. The van der Waals surface area contributed by atoms with Crippen LogP contribution in [0.5, 0.6) is 0 Å². The topological polar surface area (TPSA) is 101 Å². The Labute approximate surface area is 111 Å². The van der Waals surface area contributed by atoms with Gasteiger partial charge in [-0.3, -0.25) is 9.89 Å². The first-order valence-electron chi connectivity index (χ1n) is 6.07. The van der Waals surface area contributed by atoms with E-state index >= 15 is 0 Å². The van der Waals surface area contributed by atoms with Crippen LogP contribution in [0.25, 0.3) is 0 Å². The van der Waals surface area contributed by atoms with Gasteiger partial charge in [0.2, 0.25) is 5.91 Å². The molecule has 0 radical (unpaired) electrons. The van der Waals surface area contributed by atoms with E-state index < -0.39 is 23.5 Å². The number of aromatic amines is 1. The van der Waals surface area contributed by atoms with Crippen molar-refractivity contribution in [3.05, 3.63) is 17.5 Å². The summed E-state index contributed by atoms with van der Waals surface area (Å²) in [6.45, 7) is 5.95. The molecule has 1 aromatic rings. The number of carbonyl (C=O) groups is 2. The maximum Gasteiger partial charge on any atom is 0.410 e. The Bertz CT molecular complexity index is 503. The fraction of sp³-hybridized carbons (Fsp3) is 0.583. The fourth-order valence-electron chi connectivity index (χ4n) is 2.02. The van der Waals surface area contributed by atoms with Crippen molar-refractivity contribution in [1.29, 1.82) is 0 Å². The Morgan fingerprint density at radius 1 is 1.53 bits per heavy atom. The third kappa shape index (κ3) is 2.86. The summed E-state index contributed by atoms with van der Waals surface area (Å²) in [7, 11) is 0. The fourth-order valence-corrected chi connectivity index (χ4v) is 2.02. The lowest BCUT2D eigenvalue weighted by Crippen LogP contribution is -2.44. The van der Waals surface area contributed by atoms with Crippen LogP contribution in [0.2, 0.25) is 0 Å². The molecule has 0 aliphatic carbocycles. The van der Waals surface area contributed by atoms with Gasteiger partial charge in [-0.2, -0.15) is 5.10 Å². The molecule has 1 aliphatic rings. The first-order valence-corrected chi connectivity index (χ1v) is 6.07. The molecule has 0 bridgehead atoms. The molecule has 0 fully saturated rings. The van der Waals surface area contributed by atoms with Crippen LogP contribution in [0.4, 0.5) is 4.79 Å². The minimum absolute atomic E-state index is 0.197. The average Bonchev–Trinajstić information content (AvgIpc) is 2.72. The van der Waals surface area contributed by atoms with Gasteiger partial charge in [0.05, 0.1) is 18.2 Å². The maximum absolute atomic E-state index is 12.0. The molecule has 0 aromatic carbocycles. The number of fused-ring (bicyclic) bond motifs is 1. The van der Waals surface area contributed by atoms with Crippen LogP contribution < -0.4 is 5.73 Å². The second-order valence-corrected chi connectivity index (χ2v) is 5.61. The van der Waals surface area contributed by atoms with E-state index in [1.54, 1.807) is 27.0 Å². The van der Waals surface area contributed by atoms with Crippen molar-refractivity contribution in [2.45, 2.75) is 38.8 Å². The smallest absolute Gasteiger partial charge is 0.410 e. The summed E-state index contributed by atoms with van der Waals surface area (Å²) >= 11 is 0. The summed E-state index contributed by atoms with van der Waals surface area (Å²) in [6.07, 6.45) is 1.22. The van der Waals surface area contributed by atoms with Crippen LogP contribution in [-0.2, 0) is 16.1 Å². The molecule has 1 atom stereocenters. The molecule has 3 N–H and O–H groups in total. The summed E-state index contributed by atoms with van der Waals surface area (Å²) in [5, 5.41) is 6.72. The van der Waals surface area contributed by atoms with Gasteiger partial charge in [-0.25, -0.2) is 4.79 Å². The van der Waals surface area contributed by atoms with E-state index in [4.69, 9.17) is 10.5 Å². The molecule has 7 heteroatoms. The molecule has 2 heterocycles. The predicted molar refractivity (Wildman–Crippen MR) is 67.2 cm³/mol. The number of nitrogens with two attached hydrogens (primary N) is 1. The molecule has 2 amide bonds. The van der Waals surface area contributed by atoms with Crippen molar-refractivity contribution in [2.75, 3.05) is 6.54 Å². The number of primary amides is 1. The average molecular weight is 266 g/mol. The van der Waals surface area contributed by atoms with Crippen molar-refractivity contribution in [2.24, 2.45) is 5.73 Å². The van der Waals surface area contributed by atoms with Crippen LogP contribution in [0.15, 0.2) is 6.20 Å². The van der Waals surface area contributed by atoms with E-state index in [9.17, 15) is 9.59 Å². The summed E-state index contributed by atoms with van der Waals surface area (Å²) in [5.41, 5.74) is 6.20. The van der Waals surface area contributed by atoms with E-state index in [0.29, 0.717) is 12.2 Å². The Morgan fingerprint density at radius 3 is 2.79 bits per heavy atom. The number of hydrogen-bond donors (Lipinski definition) is 2. The first-order chi connectivity index (χ1) is 8.78. The molecule has 1 aliphatic heterocycles. The lowest BCUT2D eigenvalue weighted by Gasteiger charge is -2.32. The molecular formula is C12H18N4O3. The molecule has 0 spiro atoms. The summed E-state index contributed by atoms with van der Waals surface area (Å²) in [6, 6.07) is 0. The number of nitrogens with one attached hydrogen (secondary N) is 1. The zero-order valence-corrected chi connectivity index (χ0v) is 11.3. The van der Waals surface area contributed by atoms with Crippen molar-refractivity contribution in [3.63, 3.8) is 0 Å². The molecule has 1 unspecified atom stereocenters. The molecule has 19 heavy (non-hydrogen) atoms. The lowest BCUT2D eigenvalue weighted by molar-refractivity contribution is -0.120. The van der Waals surface area contributed by atoms with Gasteiger partial charge in [0.15, 0.2) is 0 Å². The molecular weight excluding hydrogens is 248 g/mol. The minimum Gasteiger partial charge on any atom is -0.444 e. The van der Waals surface area contributed by atoms with Gasteiger partial charge < -0.3 is 15.4 Å². The van der Waals surface area contributed by atoms with Crippen LogP contribution in [0, 0.1) is 0 Å². The van der Waals surface area contributed by atoms with Crippen LogP contribution >= 0.6 is 0 Å². The number of carbonyl (C=O) groups excluding carboxylic acids is 2. The quantitative estimate of drug-likeness (QED) is 0.782. The Balaban J connectivity index is 2.19. The van der Waals surface area contributed by atoms with Crippen molar-refractivity contribution >= 4 is 12.0 Å². The molecule has 7 nitrogen and oxygen atoms in total. The van der Waals surface area contributed by atoms with E-state index in [1.165, 1.54) is 4.90 Å². The second kappa shape index (κ2) is 4.56. The van der Waals surface area contributed by atoms with Crippen LogP contribution in [0.3, 0.4) is 0 Å². The van der Waals surface area contributed by atoms with Crippen molar-refractivity contribution in [1.82, 2.24) is 15.1 Å². The van der Waals surface area contributed by atoms with E-state index in [0.717, 1.165) is 5.56 Å². The first kappa shape index (κ1) is 13.4. The highest BCUT2D eigenvalue weighted by atomic mass is 16.6. The van der Waals surface area contributed by atoms with Gasteiger partial charge >= 0.3 is 6.09 Å². The third-order valence-electron chi connectivity index (χ3n) is 2.84. The summed E-state index contributed by atoms with van der Waals surface area (Å²) in [4.78, 5) is 25.0. The monoisotopic (exact) mass is 266 g/mol. The zero-order chi connectivity index (χ0) is 14.2. The minimum atomic E-state index is -0.595. The van der Waals surface area contributed by atoms with E-state index in [1.807, 2.05) is 0 Å². The van der Waals surface area contributed by atoms with Gasteiger partial charge in [-0.1, -0.05) is 0 Å². The normalized spacial score (nSPS) is 18.9. The Morgan fingerprint density at radius 2 is 2.21 bits per heavy atom. The predicted octanol–water partition coefficient (Wildman–Crippen LogP) is 0.729. The van der Waals surface area contributed by atoms with Crippen molar-refractivity contribution in [3.8, 4) is 0 Å². The highest BCUT2D eigenvalue weighted by molar-refractivity contribution is 5.83. The van der Waals surface area contributed by atoms with Gasteiger partial charge in [-0.05, 0) is 20.8 Å². The van der Waals surface area contributed by atoms with Crippen LogP contribution in [0.1, 0.15) is 37.9 Å². The summed E-state index contributed by atoms with van der Waals surface area (Å²) < 4.78 is 5.30.